The highest BCUT2D eigenvalue weighted by molar-refractivity contribution is 6.07. The Morgan fingerprint density at radius 2 is 1.88 bits per heavy atom. The second-order valence-electron chi connectivity index (χ2n) is 4.97. The van der Waals surface area contributed by atoms with Gasteiger partial charge in [0, 0.05) is 13.0 Å². The van der Waals surface area contributed by atoms with Crippen LogP contribution in [-0.2, 0) is 14.3 Å². The Labute approximate surface area is 147 Å². The van der Waals surface area contributed by atoms with Gasteiger partial charge in [0.05, 0.1) is 28.2 Å². The van der Waals surface area contributed by atoms with E-state index < -0.39 is 39.1 Å². The molecule has 2 N–H and O–H groups in total. The minimum atomic E-state index is -1.18. The molecule has 0 saturated heterocycles. The van der Waals surface area contributed by atoms with Crippen molar-refractivity contribution in [1.82, 2.24) is 5.32 Å². The number of rotatable bonds is 8. The lowest BCUT2D eigenvalue weighted by Crippen LogP contribution is -2.46. The second-order valence-corrected chi connectivity index (χ2v) is 4.97. The van der Waals surface area contributed by atoms with Gasteiger partial charge in [0.25, 0.3) is 5.69 Å². The molecule has 26 heavy (non-hydrogen) atoms. The van der Waals surface area contributed by atoms with E-state index in [0.717, 1.165) is 18.2 Å². The first kappa shape index (κ1) is 20.5. The van der Waals surface area contributed by atoms with Crippen LogP contribution in [-0.4, -0.2) is 40.1 Å². The third-order valence-electron chi connectivity index (χ3n) is 3.03. The number of carbonyl (C=O) groups excluding carboxylic acids is 2. The average molecular weight is 367 g/mol. The fraction of sp³-hybridized carbons (Fsp3) is 0.357. The van der Waals surface area contributed by atoms with Crippen molar-refractivity contribution in [3.05, 3.63) is 38.4 Å². The molecule has 12 heteroatoms. The molecule has 0 bridgehead atoms. The van der Waals surface area contributed by atoms with E-state index in [2.05, 4.69) is 15.8 Å². The fourth-order valence-electron chi connectivity index (χ4n) is 1.85. The zero-order chi connectivity index (χ0) is 19.9. The lowest BCUT2D eigenvalue weighted by molar-refractivity contribution is -0.393. The standard InChI is InChI=1S/C14H17N5O7/c1-4-26-14(21)13(15-9(3)20)8(2)16-17-11-6-5-10(18(22)23)7-12(11)19(24)25/h5-7,13,17H,4H2,1-3H3,(H,15,20)/b16-8+/t13-/m0/s1. The number of ether oxygens (including phenoxy) is 1. The molecule has 1 atom stereocenters. The molecular weight excluding hydrogens is 350 g/mol. The summed E-state index contributed by atoms with van der Waals surface area (Å²) in [5.74, 6) is -1.25. The van der Waals surface area contributed by atoms with Crippen LogP contribution in [0.25, 0.3) is 0 Å². The zero-order valence-electron chi connectivity index (χ0n) is 14.2. The molecule has 0 heterocycles. The highest BCUT2D eigenvalue weighted by atomic mass is 16.6. The number of hydrazone groups is 1. The van der Waals surface area contributed by atoms with Gasteiger partial charge in [-0.2, -0.15) is 5.10 Å². The molecule has 1 aromatic carbocycles. The summed E-state index contributed by atoms with van der Waals surface area (Å²) in [5.41, 5.74) is 1.31. The first-order valence-electron chi connectivity index (χ1n) is 7.34. The summed E-state index contributed by atoms with van der Waals surface area (Å²) in [5, 5.41) is 28.0. The van der Waals surface area contributed by atoms with E-state index in [9.17, 15) is 29.8 Å². The number of hydrogen-bond acceptors (Lipinski definition) is 9. The molecule has 1 amide bonds. The number of esters is 1. The SMILES string of the molecule is CCOC(=O)[C@@H](NC(C)=O)/C(C)=N/Nc1ccc([N+](=O)[O-])cc1[N+](=O)[O-]. The van der Waals surface area contributed by atoms with Gasteiger partial charge < -0.3 is 10.1 Å². The van der Waals surface area contributed by atoms with Gasteiger partial charge >= 0.3 is 11.7 Å². The predicted molar refractivity (Wildman–Crippen MR) is 90.7 cm³/mol. The number of benzene rings is 1. The topological polar surface area (TPSA) is 166 Å². The molecular formula is C14H17N5O7. The number of hydrogen-bond donors (Lipinski definition) is 2. The molecule has 0 radical (unpaired) electrons. The zero-order valence-corrected chi connectivity index (χ0v) is 14.2. The lowest BCUT2D eigenvalue weighted by Gasteiger charge is -2.16. The van der Waals surface area contributed by atoms with E-state index >= 15 is 0 Å². The van der Waals surface area contributed by atoms with Gasteiger partial charge in [0.15, 0.2) is 6.04 Å². The monoisotopic (exact) mass is 367 g/mol. The molecule has 0 aliphatic rings. The highest BCUT2D eigenvalue weighted by Gasteiger charge is 2.25. The second kappa shape index (κ2) is 9.05. The van der Waals surface area contributed by atoms with Gasteiger partial charge in [-0.1, -0.05) is 0 Å². The van der Waals surface area contributed by atoms with Crippen LogP contribution in [0.5, 0.6) is 0 Å². The van der Waals surface area contributed by atoms with Crippen molar-refractivity contribution in [2.24, 2.45) is 5.10 Å². The predicted octanol–water partition coefficient (Wildman–Crippen LogP) is 1.36. The lowest BCUT2D eigenvalue weighted by atomic mass is 10.2. The van der Waals surface area contributed by atoms with Gasteiger partial charge in [0.2, 0.25) is 5.91 Å². The van der Waals surface area contributed by atoms with Crippen LogP contribution in [0.2, 0.25) is 0 Å². The largest absolute Gasteiger partial charge is 0.464 e. The Bertz CT molecular complexity index is 762. The molecule has 0 unspecified atom stereocenters. The third kappa shape index (κ3) is 5.51. The van der Waals surface area contributed by atoms with Crippen LogP contribution in [0.15, 0.2) is 23.3 Å². The van der Waals surface area contributed by atoms with Gasteiger partial charge in [-0.15, -0.1) is 0 Å². The van der Waals surface area contributed by atoms with E-state index in [0.29, 0.717) is 0 Å². The summed E-state index contributed by atoms with van der Waals surface area (Å²) in [6, 6.07) is 1.78. The van der Waals surface area contributed by atoms with E-state index in [4.69, 9.17) is 4.74 Å². The van der Waals surface area contributed by atoms with Crippen molar-refractivity contribution in [3.8, 4) is 0 Å². The van der Waals surface area contributed by atoms with Crippen molar-refractivity contribution >= 4 is 34.7 Å². The Hall–Kier alpha value is -3.57. The van der Waals surface area contributed by atoms with Crippen molar-refractivity contribution in [2.45, 2.75) is 26.8 Å². The summed E-state index contributed by atoms with van der Waals surface area (Å²) in [7, 11) is 0. The molecule has 0 saturated carbocycles. The Balaban J connectivity index is 3.12. The minimum absolute atomic E-state index is 0.0753. The van der Waals surface area contributed by atoms with Crippen molar-refractivity contribution in [1.29, 1.82) is 0 Å². The molecule has 1 rings (SSSR count). The van der Waals surface area contributed by atoms with E-state index in [1.165, 1.54) is 13.8 Å². The fourth-order valence-corrected chi connectivity index (χ4v) is 1.85. The average Bonchev–Trinajstić information content (AvgIpc) is 2.57. The van der Waals surface area contributed by atoms with Gasteiger partial charge in [0.1, 0.15) is 5.69 Å². The minimum Gasteiger partial charge on any atom is -0.464 e. The van der Waals surface area contributed by atoms with E-state index in [1.807, 2.05) is 0 Å². The van der Waals surface area contributed by atoms with Gasteiger partial charge in [-0.3, -0.25) is 30.4 Å². The van der Waals surface area contributed by atoms with Crippen LogP contribution in [0.4, 0.5) is 17.1 Å². The number of nitro groups is 2. The quantitative estimate of drug-likeness (QED) is 0.300. The molecule has 12 nitrogen and oxygen atoms in total. The van der Waals surface area contributed by atoms with Crippen LogP contribution < -0.4 is 10.7 Å². The summed E-state index contributed by atoms with van der Waals surface area (Å²) >= 11 is 0. The number of amides is 1. The van der Waals surface area contributed by atoms with Crippen LogP contribution in [0.3, 0.4) is 0 Å². The van der Waals surface area contributed by atoms with Crippen molar-refractivity contribution in [3.63, 3.8) is 0 Å². The van der Waals surface area contributed by atoms with Crippen LogP contribution >= 0.6 is 0 Å². The first-order valence-corrected chi connectivity index (χ1v) is 7.34. The normalized spacial score (nSPS) is 12.0. The van der Waals surface area contributed by atoms with Gasteiger partial charge in [-0.05, 0) is 19.9 Å². The number of carbonyl (C=O) groups is 2. The maximum atomic E-state index is 11.9. The smallest absolute Gasteiger partial charge is 0.334 e. The molecule has 0 spiro atoms. The Morgan fingerprint density at radius 1 is 1.23 bits per heavy atom. The van der Waals surface area contributed by atoms with E-state index in [-0.39, 0.29) is 18.0 Å². The molecule has 140 valence electrons. The molecule has 0 aliphatic carbocycles. The molecule has 1 aromatic rings. The van der Waals surface area contributed by atoms with Crippen molar-refractivity contribution < 1.29 is 24.2 Å². The van der Waals surface area contributed by atoms with Crippen molar-refractivity contribution in [2.75, 3.05) is 12.0 Å². The summed E-state index contributed by atoms with van der Waals surface area (Å²) in [4.78, 5) is 43.4. The van der Waals surface area contributed by atoms with E-state index in [1.54, 1.807) is 6.92 Å². The number of nitrogens with one attached hydrogen (secondary N) is 2. The summed E-state index contributed by atoms with van der Waals surface area (Å²) < 4.78 is 4.84. The summed E-state index contributed by atoms with van der Waals surface area (Å²) in [6.07, 6.45) is 0. The number of nitrogens with zero attached hydrogens (tertiary/aromatic N) is 3. The molecule has 0 fully saturated rings. The number of non-ortho nitro benzene ring substituents is 1. The summed E-state index contributed by atoms with van der Waals surface area (Å²) in [6.45, 7) is 4.28. The van der Waals surface area contributed by atoms with Crippen LogP contribution in [0, 0.1) is 20.2 Å². The Kier molecular flexibility index (Phi) is 7.13. The third-order valence-corrected chi connectivity index (χ3v) is 3.03. The first-order chi connectivity index (χ1) is 12.2. The van der Waals surface area contributed by atoms with Gasteiger partial charge in [-0.25, -0.2) is 4.79 Å². The number of anilines is 1. The maximum absolute atomic E-state index is 11.9. The Morgan fingerprint density at radius 3 is 2.38 bits per heavy atom. The van der Waals surface area contributed by atoms with Crippen LogP contribution in [0.1, 0.15) is 20.8 Å². The number of nitro benzene ring substituents is 2. The molecule has 0 aromatic heterocycles. The maximum Gasteiger partial charge on any atom is 0.334 e. The highest BCUT2D eigenvalue weighted by Crippen LogP contribution is 2.28. The molecule has 0 aliphatic heterocycles.